The van der Waals surface area contributed by atoms with Crippen molar-refractivity contribution in [3.63, 3.8) is 0 Å². The number of carbonyl (C=O) groups excluding carboxylic acids is 1. The van der Waals surface area contributed by atoms with Crippen LogP contribution in [0.25, 0.3) is 0 Å². The molecule has 1 rings (SSSR count). The Kier molecular flexibility index (Phi) is 6.02. The first kappa shape index (κ1) is 16.0. The summed E-state index contributed by atoms with van der Waals surface area (Å²) in [5.41, 5.74) is 0. The molecule has 7 heteroatoms. The highest BCUT2D eigenvalue weighted by molar-refractivity contribution is 5.76. The summed E-state index contributed by atoms with van der Waals surface area (Å²) in [4.78, 5) is 24.4. The monoisotopic (exact) mass is 282 g/mol. The van der Waals surface area contributed by atoms with Crippen LogP contribution in [-0.2, 0) is 11.3 Å². The zero-order valence-electron chi connectivity index (χ0n) is 12.1. The molecule has 2 unspecified atom stereocenters. The average Bonchev–Trinajstić information content (AvgIpc) is 2.81. The fourth-order valence-corrected chi connectivity index (χ4v) is 2.05. The first-order chi connectivity index (χ1) is 9.43. The van der Waals surface area contributed by atoms with E-state index in [0.29, 0.717) is 13.1 Å². The van der Waals surface area contributed by atoms with Gasteiger partial charge >= 0.3 is 12.0 Å². The van der Waals surface area contributed by atoms with Crippen molar-refractivity contribution in [3.8, 4) is 0 Å². The predicted octanol–water partition coefficient (Wildman–Crippen LogP) is 1.17. The molecule has 0 aliphatic heterocycles. The van der Waals surface area contributed by atoms with Gasteiger partial charge in [-0.2, -0.15) is 5.10 Å². The van der Waals surface area contributed by atoms with E-state index in [4.69, 9.17) is 5.11 Å². The first-order valence-corrected chi connectivity index (χ1v) is 6.70. The lowest BCUT2D eigenvalue weighted by atomic mass is 10.2. The second-order valence-electron chi connectivity index (χ2n) is 4.81. The van der Waals surface area contributed by atoms with Crippen LogP contribution in [0.15, 0.2) is 18.5 Å². The van der Waals surface area contributed by atoms with Gasteiger partial charge in [0.25, 0.3) is 0 Å². The minimum atomic E-state index is -0.909. The molecule has 20 heavy (non-hydrogen) atoms. The Bertz CT molecular complexity index is 433. The van der Waals surface area contributed by atoms with Gasteiger partial charge in [-0.25, -0.2) is 4.79 Å². The smallest absolute Gasteiger partial charge is 0.317 e. The zero-order valence-corrected chi connectivity index (χ0v) is 12.1. The molecular weight excluding hydrogens is 260 g/mol. The largest absolute Gasteiger partial charge is 0.481 e. The van der Waals surface area contributed by atoms with E-state index in [0.717, 1.165) is 0 Å². The molecule has 0 aliphatic rings. The van der Waals surface area contributed by atoms with Crippen molar-refractivity contribution < 1.29 is 14.7 Å². The maximum absolute atomic E-state index is 12.1. The van der Waals surface area contributed by atoms with Gasteiger partial charge in [-0.05, 0) is 26.8 Å². The second-order valence-corrected chi connectivity index (χ2v) is 4.81. The molecule has 0 saturated heterocycles. The number of amides is 2. The number of urea groups is 1. The Labute approximate surface area is 118 Å². The summed E-state index contributed by atoms with van der Waals surface area (Å²) in [7, 11) is 0. The number of hydrogen-bond donors (Lipinski definition) is 2. The standard InChI is InChI=1S/C13H22N4O3/c1-4-17(11(3)8-12(18)19)13(20)15-10(2)9-16-7-5-6-14-16/h5-7,10-11H,4,8-9H2,1-3H3,(H,15,20)(H,18,19). The first-order valence-electron chi connectivity index (χ1n) is 6.70. The molecule has 1 heterocycles. The van der Waals surface area contributed by atoms with Crippen molar-refractivity contribution in [2.24, 2.45) is 0 Å². The zero-order chi connectivity index (χ0) is 15.1. The van der Waals surface area contributed by atoms with Gasteiger partial charge in [0.05, 0.1) is 13.0 Å². The van der Waals surface area contributed by atoms with E-state index in [1.807, 2.05) is 26.1 Å². The molecule has 0 aliphatic carbocycles. The molecule has 0 fully saturated rings. The van der Waals surface area contributed by atoms with Crippen molar-refractivity contribution in [3.05, 3.63) is 18.5 Å². The fraction of sp³-hybridized carbons (Fsp3) is 0.615. The number of nitrogens with one attached hydrogen (secondary N) is 1. The summed E-state index contributed by atoms with van der Waals surface area (Å²) in [6.07, 6.45) is 3.45. The molecule has 2 N–H and O–H groups in total. The van der Waals surface area contributed by atoms with Crippen LogP contribution in [-0.4, -0.2) is 50.4 Å². The van der Waals surface area contributed by atoms with E-state index >= 15 is 0 Å². The van der Waals surface area contributed by atoms with E-state index in [1.165, 1.54) is 4.90 Å². The Morgan fingerprint density at radius 2 is 2.15 bits per heavy atom. The molecule has 2 amide bonds. The number of carboxylic acid groups (broad SMARTS) is 1. The molecule has 0 bridgehead atoms. The number of nitrogens with zero attached hydrogens (tertiary/aromatic N) is 3. The van der Waals surface area contributed by atoms with E-state index in [9.17, 15) is 9.59 Å². The highest BCUT2D eigenvalue weighted by Crippen LogP contribution is 2.05. The number of hydrogen-bond acceptors (Lipinski definition) is 3. The van der Waals surface area contributed by atoms with Gasteiger partial charge < -0.3 is 15.3 Å². The lowest BCUT2D eigenvalue weighted by Crippen LogP contribution is -2.49. The lowest BCUT2D eigenvalue weighted by Gasteiger charge is -2.28. The summed E-state index contributed by atoms with van der Waals surface area (Å²) in [5.74, 6) is -0.909. The number of carbonyl (C=O) groups is 2. The molecular formula is C13H22N4O3. The number of aromatic nitrogens is 2. The van der Waals surface area contributed by atoms with Gasteiger partial charge in [-0.3, -0.25) is 9.48 Å². The van der Waals surface area contributed by atoms with Crippen LogP contribution in [0.3, 0.4) is 0 Å². The highest BCUT2D eigenvalue weighted by atomic mass is 16.4. The van der Waals surface area contributed by atoms with Crippen molar-refractivity contribution >= 4 is 12.0 Å². The summed E-state index contributed by atoms with van der Waals surface area (Å²) >= 11 is 0. The molecule has 1 aromatic heterocycles. The maximum Gasteiger partial charge on any atom is 0.317 e. The third kappa shape index (κ3) is 4.91. The van der Waals surface area contributed by atoms with E-state index in [2.05, 4.69) is 10.4 Å². The van der Waals surface area contributed by atoms with Crippen molar-refractivity contribution in [2.75, 3.05) is 6.54 Å². The van der Waals surface area contributed by atoms with Gasteiger partial charge in [0, 0.05) is 31.0 Å². The topological polar surface area (TPSA) is 87.5 Å². The second kappa shape index (κ2) is 7.52. The SMILES string of the molecule is CCN(C(=O)NC(C)Cn1cccn1)C(C)CC(=O)O. The number of rotatable bonds is 7. The molecule has 0 saturated carbocycles. The van der Waals surface area contributed by atoms with E-state index in [1.54, 1.807) is 17.8 Å². The molecule has 7 nitrogen and oxygen atoms in total. The minimum absolute atomic E-state index is 0.0607. The van der Waals surface area contributed by atoms with Gasteiger partial charge in [0.2, 0.25) is 0 Å². The Morgan fingerprint density at radius 1 is 1.45 bits per heavy atom. The van der Waals surface area contributed by atoms with Gasteiger partial charge in [-0.1, -0.05) is 0 Å². The number of aliphatic carboxylic acids is 1. The fourth-order valence-electron chi connectivity index (χ4n) is 2.05. The van der Waals surface area contributed by atoms with Crippen LogP contribution in [0.1, 0.15) is 27.2 Å². The summed E-state index contributed by atoms with van der Waals surface area (Å²) in [5, 5.41) is 15.7. The molecule has 0 aromatic carbocycles. The van der Waals surface area contributed by atoms with Crippen LogP contribution in [0.2, 0.25) is 0 Å². The quantitative estimate of drug-likeness (QED) is 0.785. The third-order valence-electron chi connectivity index (χ3n) is 2.99. The normalized spacial score (nSPS) is 13.6. The van der Waals surface area contributed by atoms with Crippen LogP contribution < -0.4 is 5.32 Å². The molecule has 0 radical (unpaired) electrons. The third-order valence-corrected chi connectivity index (χ3v) is 2.99. The van der Waals surface area contributed by atoms with Gasteiger partial charge in [0.1, 0.15) is 0 Å². The van der Waals surface area contributed by atoms with Crippen LogP contribution in [0.4, 0.5) is 4.79 Å². The predicted molar refractivity (Wildman–Crippen MR) is 74.3 cm³/mol. The van der Waals surface area contributed by atoms with Crippen molar-refractivity contribution in [1.82, 2.24) is 20.0 Å². The minimum Gasteiger partial charge on any atom is -0.481 e. The maximum atomic E-state index is 12.1. The summed E-state index contributed by atoms with van der Waals surface area (Å²) in [6, 6.07) is 1.14. The van der Waals surface area contributed by atoms with Gasteiger partial charge in [-0.15, -0.1) is 0 Å². The van der Waals surface area contributed by atoms with Crippen LogP contribution >= 0.6 is 0 Å². The van der Waals surface area contributed by atoms with Crippen LogP contribution in [0.5, 0.6) is 0 Å². The molecule has 2 atom stereocenters. The van der Waals surface area contributed by atoms with E-state index in [-0.39, 0.29) is 24.5 Å². The number of carboxylic acids is 1. The molecule has 112 valence electrons. The summed E-state index contributed by atoms with van der Waals surface area (Å²) < 4.78 is 1.74. The van der Waals surface area contributed by atoms with E-state index < -0.39 is 5.97 Å². The highest BCUT2D eigenvalue weighted by Gasteiger charge is 2.21. The Hall–Kier alpha value is -2.05. The molecule has 1 aromatic rings. The Morgan fingerprint density at radius 3 is 2.65 bits per heavy atom. The van der Waals surface area contributed by atoms with Crippen LogP contribution in [0, 0.1) is 0 Å². The summed E-state index contributed by atoms with van der Waals surface area (Å²) in [6.45, 7) is 6.49. The van der Waals surface area contributed by atoms with Gasteiger partial charge in [0.15, 0.2) is 0 Å². The molecule has 0 spiro atoms. The average molecular weight is 282 g/mol. The van der Waals surface area contributed by atoms with Crippen molar-refractivity contribution in [1.29, 1.82) is 0 Å². The Balaban J connectivity index is 2.51. The van der Waals surface area contributed by atoms with Crippen molar-refractivity contribution in [2.45, 2.75) is 45.8 Å². The lowest BCUT2D eigenvalue weighted by molar-refractivity contribution is -0.138.